The third-order valence-electron chi connectivity index (χ3n) is 1.99. The Morgan fingerprint density at radius 2 is 2.06 bits per heavy atom. The van der Waals surface area contributed by atoms with Gasteiger partial charge >= 0.3 is 0 Å². The van der Waals surface area contributed by atoms with E-state index in [9.17, 15) is 0 Å². The molecule has 0 amide bonds. The Bertz CT molecular complexity index is 315. The highest BCUT2D eigenvalue weighted by atomic mass is 35.5. The summed E-state index contributed by atoms with van der Waals surface area (Å²) in [5.74, 6) is 1.92. The quantitative estimate of drug-likeness (QED) is 0.545. The summed E-state index contributed by atoms with van der Waals surface area (Å²) in [6, 6.07) is 5.64. The van der Waals surface area contributed by atoms with Gasteiger partial charge in [0.2, 0.25) is 0 Å². The van der Waals surface area contributed by atoms with Gasteiger partial charge in [-0.2, -0.15) is 0 Å². The minimum Gasteiger partial charge on any atom is -0.493 e. The molecule has 16 heavy (non-hydrogen) atoms. The lowest BCUT2D eigenvalue weighted by Gasteiger charge is -2.11. The van der Waals surface area contributed by atoms with Crippen molar-refractivity contribution in [3.8, 4) is 11.5 Å². The second-order valence-electron chi connectivity index (χ2n) is 3.30. The molecule has 90 valence electrons. The largest absolute Gasteiger partial charge is 0.493 e. The zero-order valence-electron chi connectivity index (χ0n) is 9.66. The van der Waals surface area contributed by atoms with E-state index in [1.54, 1.807) is 7.11 Å². The van der Waals surface area contributed by atoms with Crippen LogP contribution >= 0.6 is 11.6 Å². The van der Waals surface area contributed by atoms with Gasteiger partial charge in [0.25, 0.3) is 0 Å². The van der Waals surface area contributed by atoms with E-state index in [1.807, 2.05) is 18.2 Å². The predicted octanol–water partition coefficient (Wildman–Crippen LogP) is 3.20. The zero-order chi connectivity index (χ0) is 11.8. The van der Waals surface area contributed by atoms with Crippen LogP contribution in [0, 0.1) is 0 Å². The Kier molecular flexibility index (Phi) is 6.04. The van der Waals surface area contributed by atoms with Crippen molar-refractivity contribution in [3.05, 3.63) is 23.8 Å². The molecule has 0 spiro atoms. The maximum absolute atomic E-state index is 5.81. The molecule has 0 heterocycles. The fourth-order valence-electron chi connectivity index (χ4n) is 1.21. The molecular weight excluding hydrogens is 228 g/mol. The molecule has 0 aliphatic carbocycles. The van der Waals surface area contributed by atoms with E-state index >= 15 is 0 Å². The summed E-state index contributed by atoms with van der Waals surface area (Å²) < 4.78 is 15.8. The van der Waals surface area contributed by atoms with E-state index < -0.39 is 0 Å². The SMILES string of the molecule is CCCOc1ccc(CCl)c(OCOC)c1. The molecule has 0 aromatic heterocycles. The van der Waals surface area contributed by atoms with Crippen molar-refractivity contribution < 1.29 is 14.2 Å². The summed E-state index contributed by atoms with van der Waals surface area (Å²) in [6.45, 7) is 2.97. The topological polar surface area (TPSA) is 27.7 Å². The number of benzene rings is 1. The highest BCUT2D eigenvalue weighted by Crippen LogP contribution is 2.26. The number of methoxy groups -OCH3 is 1. The van der Waals surface area contributed by atoms with Crippen molar-refractivity contribution in [1.29, 1.82) is 0 Å². The van der Waals surface area contributed by atoms with Crippen LogP contribution in [-0.2, 0) is 10.6 Å². The predicted molar refractivity (Wildman–Crippen MR) is 64.3 cm³/mol. The van der Waals surface area contributed by atoms with Gasteiger partial charge < -0.3 is 14.2 Å². The van der Waals surface area contributed by atoms with Crippen molar-refractivity contribution >= 4 is 11.6 Å². The second kappa shape index (κ2) is 7.36. The van der Waals surface area contributed by atoms with Crippen molar-refractivity contribution in [2.45, 2.75) is 19.2 Å². The van der Waals surface area contributed by atoms with E-state index in [1.165, 1.54) is 0 Å². The van der Waals surface area contributed by atoms with Crippen LogP contribution < -0.4 is 9.47 Å². The van der Waals surface area contributed by atoms with Crippen LogP contribution in [0.3, 0.4) is 0 Å². The van der Waals surface area contributed by atoms with Crippen LogP contribution in [0.2, 0.25) is 0 Å². The first kappa shape index (κ1) is 13.1. The first-order valence-electron chi connectivity index (χ1n) is 5.25. The van der Waals surface area contributed by atoms with Gasteiger partial charge in [0, 0.05) is 18.7 Å². The fraction of sp³-hybridized carbons (Fsp3) is 0.500. The smallest absolute Gasteiger partial charge is 0.188 e. The van der Waals surface area contributed by atoms with Crippen LogP contribution in [0.4, 0.5) is 0 Å². The van der Waals surface area contributed by atoms with Gasteiger partial charge in [-0.3, -0.25) is 0 Å². The first-order chi connectivity index (χ1) is 7.81. The first-order valence-corrected chi connectivity index (χ1v) is 5.78. The Balaban J connectivity index is 2.74. The molecule has 1 aromatic rings. The van der Waals surface area contributed by atoms with Crippen LogP contribution in [0.5, 0.6) is 11.5 Å². The van der Waals surface area contributed by atoms with Crippen molar-refractivity contribution in [3.63, 3.8) is 0 Å². The zero-order valence-corrected chi connectivity index (χ0v) is 10.4. The lowest BCUT2D eigenvalue weighted by atomic mass is 10.2. The number of halogens is 1. The molecule has 0 atom stereocenters. The van der Waals surface area contributed by atoms with Crippen LogP contribution in [0.1, 0.15) is 18.9 Å². The van der Waals surface area contributed by atoms with Gasteiger partial charge in [-0.1, -0.05) is 13.0 Å². The molecule has 3 nitrogen and oxygen atoms in total. The highest BCUT2D eigenvalue weighted by molar-refractivity contribution is 6.17. The Morgan fingerprint density at radius 3 is 2.69 bits per heavy atom. The number of ether oxygens (including phenoxy) is 3. The van der Waals surface area contributed by atoms with E-state index in [4.69, 9.17) is 25.8 Å². The molecule has 0 bridgehead atoms. The van der Waals surface area contributed by atoms with Crippen LogP contribution in [0.25, 0.3) is 0 Å². The van der Waals surface area contributed by atoms with Crippen molar-refractivity contribution in [2.75, 3.05) is 20.5 Å². The Morgan fingerprint density at radius 1 is 1.25 bits per heavy atom. The third kappa shape index (κ3) is 3.91. The van der Waals surface area contributed by atoms with Gasteiger partial charge in [-0.25, -0.2) is 0 Å². The maximum atomic E-state index is 5.81. The molecule has 0 radical (unpaired) electrons. The minimum atomic E-state index is 0.209. The van der Waals surface area contributed by atoms with E-state index in [-0.39, 0.29) is 6.79 Å². The molecule has 0 aliphatic heterocycles. The summed E-state index contributed by atoms with van der Waals surface area (Å²) in [4.78, 5) is 0. The number of alkyl halides is 1. The highest BCUT2D eigenvalue weighted by Gasteiger charge is 2.05. The lowest BCUT2D eigenvalue weighted by molar-refractivity contribution is 0.0504. The molecule has 4 heteroatoms. The molecule has 0 aliphatic rings. The number of hydrogen-bond acceptors (Lipinski definition) is 3. The second-order valence-corrected chi connectivity index (χ2v) is 3.57. The van der Waals surface area contributed by atoms with Crippen molar-refractivity contribution in [1.82, 2.24) is 0 Å². The van der Waals surface area contributed by atoms with E-state index in [2.05, 4.69) is 6.92 Å². The summed E-state index contributed by atoms with van der Waals surface area (Å²) in [6.07, 6.45) is 0.978. The molecule has 0 fully saturated rings. The van der Waals surface area contributed by atoms with Crippen LogP contribution in [-0.4, -0.2) is 20.5 Å². The Hall–Kier alpha value is -0.930. The monoisotopic (exact) mass is 244 g/mol. The Labute approximate surface area is 101 Å². The van der Waals surface area contributed by atoms with Gasteiger partial charge in [0.15, 0.2) is 6.79 Å². The van der Waals surface area contributed by atoms with E-state index in [0.29, 0.717) is 18.2 Å². The summed E-state index contributed by atoms with van der Waals surface area (Å²) >= 11 is 5.81. The molecule has 0 saturated heterocycles. The van der Waals surface area contributed by atoms with E-state index in [0.717, 1.165) is 17.7 Å². The average molecular weight is 245 g/mol. The summed E-state index contributed by atoms with van der Waals surface area (Å²) in [5.41, 5.74) is 0.933. The minimum absolute atomic E-state index is 0.209. The molecule has 0 saturated carbocycles. The maximum Gasteiger partial charge on any atom is 0.188 e. The van der Waals surface area contributed by atoms with Crippen LogP contribution in [0.15, 0.2) is 18.2 Å². The lowest BCUT2D eigenvalue weighted by Crippen LogP contribution is -2.02. The van der Waals surface area contributed by atoms with Gasteiger partial charge in [0.05, 0.1) is 12.5 Å². The molecular formula is C12H17ClO3. The van der Waals surface area contributed by atoms with Crippen molar-refractivity contribution in [2.24, 2.45) is 0 Å². The fourth-order valence-corrected chi connectivity index (χ4v) is 1.43. The normalized spacial score (nSPS) is 10.2. The van der Waals surface area contributed by atoms with Gasteiger partial charge in [0.1, 0.15) is 11.5 Å². The summed E-state index contributed by atoms with van der Waals surface area (Å²) in [5, 5.41) is 0. The molecule has 1 aromatic carbocycles. The third-order valence-corrected chi connectivity index (χ3v) is 2.28. The number of rotatable bonds is 7. The average Bonchev–Trinajstić information content (AvgIpc) is 2.33. The summed E-state index contributed by atoms with van der Waals surface area (Å²) in [7, 11) is 1.58. The van der Waals surface area contributed by atoms with Gasteiger partial charge in [-0.15, -0.1) is 11.6 Å². The molecule has 0 N–H and O–H groups in total. The number of hydrogen-bond donors (Lipinski definition) is 0. The molecule has 1 rings (SSSR count). The standard InChI is InChI=1S/C12H17ClO3/c1-3-6-15-11-5-4-10(8-13)12(7-11)16-9-14-2/h4-5,7H,3,6,8-9H2,1-2H3. The molecule has 0 unspecified atom stereocenters. The van der Waals surface area contributed by atoms with Gasteiger partial charge in [-0.05, 0) is 12.5 Å².